The summed E-state index contributed by atoms with van der Waals surface area (Å²) in [4.78, 5) is 3.93. The number of pyridine rings is 1. The van der Waals surface area contributed by atoms with E-state index >= 15 is 0 Å². The Morgan fingerprint density at radius 3 is 2.69 bits per heavy atom. The van der Waals surface area contributed by atoms with Crippen LogP contribution in [0.4, 0.5) is 11.5 Å². The van der Waals surface area contributed by atoms with Gasteiger partial charge in [-0.3, -0.25) is 0 Å². The topological polar surface area (TPSA) is 71.2 Å². The molecule has 0 aliphatic heterocycles. The number of aromatic nitrogens is 1. The summed E-state index contributed by atoms with van der Waals surface area (Å²) in [5.41, 5.74) is 5.95. The van der Waals surface area contributed by atoms with Gasteiger partial charge in [-0.15, -0.1) is 0 Å². The van der Waals surface area contributed by atoms with E-state index < -0.39 is 0 Å². The van der Waals surface area contributed by atoms with E-state index in [1.807, 2.05) is 19.9 Å². The van der Waals surface area contributed by atoms with E-state index in [1.165, 1.54) is 0 Å². The van der Waals surface area contributed by atoms with E-state index in [9.17, 15) is 0 Å². The maximum atomic E-state index is 9.00. The maximum absolute atomic E-state index is 9.00. The van der Waals surface area contributed by atoms with Gasteiger partial charge >= 0.3 is 0 Å². The fourth-order valence-electron chi connectivity index (χ4n) is 0.910. The SMILES string of the molecule is CC(C)(CO)Nc1ccc(N)nc1. The molecule has 4 nitrogen and oxygen atoms in total. The smallest absolute Gasteiger partial charge is 0.123 e. The van der Waals surface area contributed by atoms with Crippen molar-refractivity contribution in [3.63, 3.8) is 0 Å². The molecule has 72 valence electrons. The second-order valence-electron chi connectivity index (χ2n) is 3.64. The van der Waals surface area contributed by atoms with Crippen LogP contribution in [0.15, 0.2) is 18.3 Å². The lowest BCUT2D eigenvalue weighted by Gasteiger charge is -2.24. The van der Waals surface area contributed by atoms with Crippen LogP contribution in [0.25, 0.3) is 0 Å². The molecule has 0 aliphatic carbocycles. The molecule has 4 heteroatoms. The first kappa shape index (κ1) is 9.80. The molecule has 13 heavy (non-hydrogen) atoms. The number of hydrogen-bond donors (Lipinski definition) is 3. The second kappa shape index (κ2) is 3.62. The van der Waals surface area contributed by atoms with Gasteiger partial charge < -0.3 is 16.2 Å². The molecule has 0 aromatic carbocycles. The van der Waals surface area contributed by atoms with Crippen LogP contribution in [0.1, 0.15) is 13.8 Å². The fraction of sp³-hybridized carbons (Fsp3) is 0.444. The van der Waals surface area contributed by atoms with E-state index in [-0.39, 0.29) is 12.1 Å². The van der Waals surface area contributed by atoms with Crippen LogP contribution in [-0.4, -0.2) is 22.2 Å². The number of hydrogen-bond acceptors (Lipinski definition) is 4. The number of rotatable bonds is 3. The van der Waals surface area contributed by atoms with Crippen LogP contribution in [0.2, 0.25) is 0 Å². The zero-order valence-corrected chi connectivity index (χ0v) is 7.91. The van der Waals surface area contributed by atoms with Crippen LogP contribution in [0, 0.1) is 0 Å². The van der Waals surface area contributed by atoms with Crippen LogP contribution >= 0.6 is 0 Å². The highest BCUT2D eigenvalue weighted by atomic mass is 16.3. The van der Waals surface area contributed by atoms with E-state index in [1.54, 1.807) is 12.3 Å². The molecule has 0 unspecified atom stereocenters. The predicted octanol–water partition coefficient (Wildman–Crippen LogP) is 0.847. The second-order valence-corrected chi connectivity index (χ2v) is 3.64. The molecule has 1 aromatic rings. The molecule has 0 bridgehead atoms. The molecule has 1 heterocycles. The summed E-state index contributed by atoms with van der Waals surface area (Å²) >= 11 is 0. The first-order valence-electron chi connectivity index (χ1n) is 4.14. The largest absolute Gasteiger partial charge is 0.394 e. The van der Waals surface area contributed by atoms with Crippen LogP contribution < -0.4 is 11.1 Å². The highest BCUT2D eigenvalue weighted by molar-refractivity contribution is 5.46. The van der Waals surface area contributed by atoms with Gasteiger partial charge in [-0.05, 0) is 26.0 Å². The summed E-state index contributed by atoms with van der Waals surface area (Å²) in [5, 5.41) is 12.1. The normalized spacial score (nSPS) is 11.3. The van der Waals surface area contributed by atoms with Crippen LogP contribution in [0.3, 0.4) is 0 Å². The number of nitrogen functional groups attached to an aromatic ring is 1. The van der Waals surface area contributed by atoms with Gasteiger partial charge in [-0.2, -0.15) is 0 Å². The Morgan fingerprint density at radius 2 is 2.23 bits per heavy atom. The number of aliphatic hydroxyl groups is 1. The molecule has 0 saturated carbocycles. The molecular weight excluding hydrogens is 166 g/mol. The summed E-state index contributed by atoms with van der Waals surface area (Å²) in [6.45, 7) is 3.88. The number of nitrogens with two attached hydrogens (primary N) is 1. The Morgan fingerprint density at radius 1 is 1.54 bits per heavy atom. The molecule has 0 spiro atoms. The molecular formula is C9H15N3O. The zero-order chi connectivity index (χ0) is 9.90. The maximum Gasteiger partial charge on any atom is 0.123 e. The average molecular weight is 181 g/mol. The minimum absolute atomic E-state index is 0.0668. The Hall–Kier alpha value is -1.29. The lowest BCUT2D eigenvalue weighted by molar-refractivity contribution is 0.234. The van der Waals surface area contributed by atoms with E-state index in [2.05, 4.69) is 10.3 Å². The summed E-state index contributed by atoms with van der Waals surface area (Å²) in [6.07, 6.45) is 1.65. The molecule has 0 saturated heterocycles. The third kappa shape index (κ3) is 2.91. The first-order valence-corrected chi connectivity index (χ1v) is 4.14. The van der Waals surface area contributed by atoms with Gasteiger partial charge in [0, 0.05) is 0 Å². The monoisotopic (exact) mass is 181 g/mol. The number of aliphatic hydroxyl groups excluding tert-OH is 1. The Balaban J connectivity index is 2.69. The highest BCUT2D eigenvalue weighted by Crippen LogP contribution is 2.13. The van der Waals surface area contributed by atoms with E-state index in [0.29, 0.717) is 5.82 Å². The number of anilines is 2. The Kier molecular flexibility index (Phi) is 2.72. The molecule has 0 aliphatic rings. The standard InChI is InChI=1S/C9H15N3O/c1-9(2,6-13)12-7-3-4-8(10)11-5-7/h3-5,12-13H,6H2,1-2H3,(H2,10,11). The summed E-state index contributed by atoms with van der Waals surface area (Å²) in [5.74, 6) is 0.493. The van der Waals surface area contributed by atoms with Gasteiger partial charge in [0.25, 0.3) is 0 Å². The van der Waals surface area contributed by atoms with Crippen molar-refractivity contribution in [2.75, 3.05) is 17.7 Å². The minimum atomic E-state index is -0.336. The number of nitrogens with one attached hydrogen (secondary N) is 1. The highest BCUT2D eigenvalue weighted by Gasteiger charge is 2.15. The van der Waals surface area contributed by atoms with Gasteiger partial charge in [0.15, 0.2) is 0 Å². The quantitative estimate of drug-likeness (QED) is 0.646. The van der Waals surface area contributed by atoms with Crippen molar-refractivity contribution in [1.29, 1.82) is 0 Å². The molecule has 0 amide bonds. The van der Waals surface area contributed by atoms with Crippen molar-refractivity contribution in [3.05, 3.63) is 18.3 Å². The van der Waals surface area contributed by atoms with Gasteiger partial charge in [0.05, 0.1) is 24.0 Å². The van der Waals surface area contributed by atoms with Crippen molar-refractivity contribution in [2.24, 2.45) is 0 Å². The predicted molar refractivity (Wildman–Crippen MR) is 53.4 cm³/mol. The van der Waals surface area contributed by atoms with Gasteiger partial charge in [0.2, 0.25) is 0 Å². The molecule has 0 fully saturated rings. The Labute approximate surface area is 77.8 Å². The lowest BCUT2D eigenvalue weighted by atomic mass is 10.1. The summed E-state index contributed by atoms with van der Waals surface area (Å²) in [7, 11) is 0. The minimum Gasteiger partial charge on any atom is -0.394 e. The van der Waals surface area contributed by atoms with E-state index in [0.717, 1.165) is 5.69 Å². The van der Waals surface area contributed by atoms with Crippen molar-refractivity contribution in [2.45, 2.75) is 19.4 Å². The van der Waals surface area contributed by atoms with Gasteiger partial charge in [-0.1, -0.05) is 0 Å². The van der Waals surface area contributed by atoms with Crippen molar-refractivity contribution >= 4 is 11.5 Å². The molecule has 4 N–H and O–H groups in total. The molecule has 1 aromatic heterocycles. The van der Waals surface area contributed by atoms with Crippen LogP contribution in [0.5, 0.6) is 0 Å². The average Bonchev–Trinajstić information content (AvgIpc) is 2.09. The third-order valence-electron chi connectivity index (χ3n) is 1.66. The van der Waals surface area contributed by atoms with Crippen molar-refractivity contribution in [1.82, 2.24) is 4.98 Å². The lowest BCUT2D eigenvalue weighted by Crippen LogP contribution is -2.34. The van der Waals surface area contributed by atoms with Gasteiger partial charge in [-0.25, -0.2) is 4.98 Å². The van der Waals surface area contributed by atoms with Crippen molar-refractivity contribution in [3.8, 4) is 0 Å². The first-order chi connectivity index (χ1) is 6.03. The summed E-state index contributed by atoms with van der Waals surface area (Å²) < 4.78 is 0. The zero-order valence-electron chi connectivity index (χ0n) is 7.91. The molecule has 0 atom stereocenters. The Bertz CT molecular complexity index is 269. The fourth-order valence-corrected chi connectivity index (χ4v) is 0.910. The van der Waals surface area contributed by atoms with Crippen molar-refractivity contribution < 1.29 is 5.11 Å². The molecule has 1 rings (SSSR count). The molecule has 0 radical (unpaired) electrons. The summed E-state index contributed by atoms with van der Waals surface area (Å²) in [6, 6.07) is 3.55. The number of nitrogens with zero attached hydrogens (tertiary/aromatic N) is 1. The van der Waals surface area contributed by atoms with Gasteiger partial charge in [0.1, 0.15) is 5.82 Å². The van der Waals surface area contributed by atoms with Crippen LogP contribution in [-0.2, 0) is 0 Å². The van der Waals surface area contributed by atoms with E-state index in [4.69, 9.17) is 10.8 Å². The third-order valence-corrected chi connectivity index (χ3v) is 1.66.